The lowest BCUT2D eigenvalue weighted by atomic mass is 10.1. The smallest absolute Gasteiger partial charge is 0.289 e. The normalized spacial score (nSPS) is 10.9. The van der Waals surface area contributed by atoms with E-state index in [1.165, 1.54) is 6.21 Å². The molecule has 144 valence electrons. The zero-order chi connectivity index (χ0) is 20.1. The van der Waals surface area contributed by atoms with E-state index in [0.29, 0.717) is 38.4 Å². The Labute approximate surface area is 171 Å². The van der Waals surface area contributed by atoms with E-state index in [0.717, 1.165) is 0 Å². The monoisotopic (exact) mass is 418 g/mol. The molecule has 3 aromatic rings. The van der Waals surface area contributed by atoms with Gasteiger partial charge in [-0.25, -0.2) is 5.43 Å². The number of halogens is 2. The maximum Gasteiger partial charge on any atom is 0.289 e. The number of rotatable bonds is 6. The van der Waals surface area contributed by atoms with Gasteiger partial charge in [0.1, 0.15) is 17.2 Å². The highest BCUT2D eigenvalue weighted by atomic mass is 35.5. The van der Waals surface area contributed by atoms with Gasteiger partial charge in [0.2, 0.25) is 0 Å². The number of nitrogens with one attached hydrogen (secondary N) is 2. The summed E-state index contributed by atoms with van der Waals surface area (Å²) in [5, 5.41) is 11.7. The zero-order valence-electron chi connectivity index (χ0n) is 15.0. The summed E-state index contributed by atoms with van der Waals surface area (Å²) in [6.07, 6.45) is 1.46. The topological polar surface area (TPSA) is 88.6 Å². The fourth-order valence-electron chi connectivity index (χ4n) is 2.43. The fourth-order valence-corrected chi connectivity index (χ4v) is 2.94. The van der Waals surface area contributed by atoms with Gasteiger partial charge in [-0.1, -0.05) is 23.2 Å². The summed E-state index contributed by atoms with van der Waals surface area (Å²) in [7, 11) is 3.11. The van der Waals surface area contributed by atoms with Crippen LogP contribution in [0.1, 0.15) is 16.1 Å². The van der Waals surface area contributed by atoms with E-state index in [4.69, 9.17) is 32.7 Å². The van der Waals surface area contributed by atoms with E-state index in [2.05, 4.69) is 20.7 Å². The molecule has 0 aliphatic rings. The lowest BCUT2D eigenvalue weighted by Crippen LogP contribution is -2.18. The maximum atomic E-state index is 12.3. The van der Waals surface area contributed by atoms with Crippen molar-refractivity contribution < 1.29 is 14.3 Å². The van der Waals surface area contributed by atoms with Gasteiger partial charge in [-0.15, -0.1) is 0 Å². The van der Waals surface area contributed by atoms with Gasteiger partial charge in [0, 0.05) is 16.1 Å². The van der Waals surface area contributed by atoms with Crippen LogP contribution in [-0.4, -0.2) is 36.5 Å². The van der Waals surface area contributed by atoms with Crippen LogP contribution < -0.4 is 14.9 Å². The SMILES string of the molecule is COc1ccc(OC)c(C=NNC(=O)c2cc(-c3ccc(Cl)cc3Cl)n[nH]2)c1. The number of methoxy groups -OCH3 is 2. The van der Waals surface area contributed by atoms with Gasteiger partial charge in [-0.2, -0.15) is 10.2 Å². The summed E-state index contributed by atoms with van der Waals surface area (Å²) in [5.74, 6) is 0.786. The molecule has 1 heterocycles. The third-order valence-corrected chi connectivity index (χ3v) is 4.38. The molecule has 0 bridgehead atoms. The van der Waals surface area contributed by atoms with E-state index in [9.17, 15) is 4.79 Å². The van der Waals surface area contributed by atoms with Crippen molar-refractivity contribution in [2.24, 2.45) is 5.10 Å². The Morgan fingerprint density at radius 3 is 2.68 bits per heavy atom. The summed E-state index contributed by atoms with van der Waals surface area (Å²) in [5.41, 5.74) is 4.50. The zero-order valence-corrected chi connectivity index (χ0v) is 16.5. The van der Waals surface area contributed by atoms with Crippen molar-refractivity contribution in [3.05, 3.63) is 63.8 Å². The van der Waals surface area contributed by atoms with Crippen molar-refractivity contribution in [3.8, 4) is 22.8 Å². The first-order valence-corrected chi connectivity index (χ1v) is 8.83. The Kier molecular flexibility index (Phi) is 6.18. The van der Waals surface area contributed by atoms with Crippen LogP contribution in [0.3, 0.4) is 0 Å². The summed E-state index contributed by atoms with van der Waals surface area (Å²) in [6, 6.07) is 11.9. The average Bonchev–Trinajstić information content (AvgIpc) is 3.17. The van der Waals surface area contributed by atoms with Gasteiger partial charge in [0.05, 0.1) is 31.2 Å². The van der Waals surface area contributed by atoms with Gasteiger partial charge < -0.3 is 9.47 Å². The number of benzene rings is 2. The molecule has 7 nitrogen and oxygen atoms in total. The molecule has 0 saturated heterocycles. The lowest BCUT2D eigenvalue weighted by molar-refractivity contribution is 0.0950. The van der Waals surface area contributed by atoms with Gasteiger partial charge in [0.15, 0.2) is 0 Å². The number of hydrogen-bond acceptors (Lipinski definition) is 5. The second kappa shape index (κ2) is 8.77. The average molecular weight is 419 g/mol. The highest BCUT2D eigenvalue weighted by Crippen LogP contribution is 2.29. The molecular formula is C19H16Cl2N4O3. The number of aromatic amines is 1. The van der Waals surface area contributed by atoms with Crippen LogP contribution in [0.25, 0.3) is 11.3 Å². The number of H-pyrrole nitrogens is 1. The quantitative estimate of drug-likeness (QED) is 0.464. The molecule has 3 rings (SSSR count). The van der Waals surface area contributed by atoms with Crippen LogP contribution in [0, 0.1) is 0 Å². The lowest BCUT2D eigenvalue weighted by Gasteiger charge is -2.06. The Morgan fingerprint density at radius 2 is 1.96 bits per heavy atom. The highest BCUT2D eigenvalue weighted by Gasteiger charge is 2.13. The molecule has 0 aliphatic carbocycles. The number of amides is 1. The molecule has 1 amide bonds. The van der Waals surface area contributed by atoms with Crippen LogP contribution in [0.4, 0.5) is 0 Å². The molecule has 0 saturated carbocycles. The molecule has 0 aliphatic heterocycles. The van der Waals surface area contributed by atoms with Crippen molar-refractivity contribution in [2.75, 3.05) is 14.2 Å². The van der Waals surface area contributed by atoms with Crippen molar-refractivity contribution in [3.63, 3.8) is 0 Å². The number of nitrogens with zero attached hydrogens (tertiary/aromatic N) is 2. The van der Waals surface area contributed by atoms with Crippen molar-refractivity contribution in [1.29, 1.82) is 0 Å². The van der Waals surface area contributed by atoms with Crippen molar-refractivity contribution >= 4 is 35.3 Å². The minimum absolute atomic E-state index is 0.232. The van der Waals surface area contributed by atoms with Crippen molar-refractivity contribution in [1.82, 2.24) is 15.6 Å². The minimum atomic E-state index is -0.457. The first-order valence-electron chi connectivity index (χ1n) is 8.08. The second-order valence-electron chi connectivity index (χ2n) is 5.60. The van der Waals surface area contributed by atoms with Gasteiger partial charge in [0.25, 0.3) is 5.91 Å². The Morgan fingerprint density at radius 1 is 1.14 bits per heavy atom. The maximum absolute atomic E-state index is 12.3. The van der Waals surface area contributed by atoms with E-state index < -0.39 is 5.91 Å². The molecule has 2 aromatic carbocycles. The van der Waals surface area contributed by atoms with E-state index >= 15 is 0 Å². The van der Waals surface area contributed by atoms with Crippen LogP contribution >= 0.6 is 23.2 Å². The van der Waals surface area contributed by atoms with Gasteiger partial charge in [-0.3, -0.25) is 9.89 Å². The third kappa shape index (κ3) is 4.44. The van der Waals surface area contributed by atoms with Crippen molar-refractivity contribution in [2.45, 2.75) is 0 Å². The number of aromatic nitrogens is 2. The molecule has 0 atom stereocenters. The summed E-state index contributed by atoms with van der Waals surface area (Å²) < 4.78 is 10.4. The summed E-state index contributed by atoms with van der Waals surface area (Å²) >= 11 is 12.1. The summed E-state index contributed by atoms with van der Waals surface area (Å²) in [6.45, 7) is 0. The van der Waals surface area contributed by atoms with E-state index in [1.54, 1.807) is 56.7 Å². The van der Waals surface area contributed by atoms with Crippen LogP contribution in [0.5, 0.6) is 11.5 Å². The molecular weight excluding hydrogens is 403 g/mol. The molecule has 0 radical (unpaired) electrons. The summed E-state index contributed by atoms with van der Waals surface area (Å²) in [4.78, 5) is 12.3. The Balaban J connectivity index is 1.72. The Hall–Kier alpha value is -3.03. The molecule has 9 heteroatoms. The van der Waals surface area contributed by atoms with Gasteiger partial charge >= 0.3 is 0 Å². The molecule has 1 aromatic heterocycles. The Bertz CT molecular complexity index is 1030. The van der Waals surface area contributed by atoms with E-state index in [-0.39, 0.29) is 5.69 Å². The number of carbonyl (C=O) groups excluding carboxylic acids is 1. The van der Waals surface area contributed by atoms with Crippen LogP contribution in [0.2, 0.25) is 10.0 Å². The standard InChI is InChI=1S/C19H16Cl2N4O3/c1-27-13-4-6-18(28-2)11(7-13)10-22-25-19(26)17-9-16(23-24-17)14-5-3-12(20)8-15(14)21/h3-10H,1-2H3,(H,23,24)(H,25,26). The first-order chi connectivity index (χ1) is 13.5. The largest absolute Gasteiger partial charge is 0.497 e. The third-order valence-electron chi connectivity index (χ3n) is 3.84. The number of ether oxygens (including phenoxy) is 2. The molecule has 28 heavy (non-hydrogen) atoms. The van der Waals surface area contributed by atoms with Crippen LogP contribution in [-0.2, 0) is 0 Å². The van der Waals surface area contributed by atoms with E-state index in [1.807, 2.05) is 0 Å². The fraction of sp³-hybridized carbons (Fsp3) is 0.105. The predicted molar refractivity (Wildman–Crippen MR) is 109 cm³/mol. The van der Waals surface area contributed by atoms with Gasteiger partial charge in [-0.05, 0) is 42.5 Å². The number of hydrogen-bond donors (Lipinski definition) is 2. The van der Waals surface area contributed by atoms with Crippen LogP contribution in [0.15, 0.2) is 47.6 Å². The number of hydrazone groups is 1. The molecule has 0 spiro atoms. The number of carbonyl (C=O) groups is 1. The molecule has 0 unspecified atom stereocenters. The second-order valence-corrected chi connectivity index (χ2v) is 6.44. The minimum Gasteiger partial charge on any atom is -0.497 e. The predicted octanol–water partition coefficient (Wildman–Crippen LogP) is 4.16. The molecule has 0 fully saturated rings. The molecule has 2 N–H and O–H groups in total. The first kappa shape index (κ1) is 19.7. The highest BCUT2D eigenvalue weighted by molar-refractivity contribution is 6.36.